The predicted octanol–water partition coefficient (Wildman–Crippen LogP) is 1.46. The van der Waals surface area contributed by atoms with Gasteiger partial charge >= 0.3 is 11.9 Å². The van der Waals surface area contributed by atoms with E-state index in [1.165, 1.54) is 0 Å². The maximum atomic E-state index is 12.3. The number of hydrogen-bond donors (Lipinski definition) is 0. The quantitative estimate of drug-likeness (QED) is 0.618. The Morgan fingerprint density at radius 1 is 1.09 bits per heavy atom. The Kier molecular flexibility index (Phi) is 3.64. The van der Waals surface area contributed by atoms with Crippen molar-refractivity contribution in [2.24, 2.45) is 10.8 Å². The maximum absolute atomic E-state index is 12.3. The number of carbonyl (C=O) groups is 2. The molecule has 1 aliphatic carbocycles. The van der Waals surface area contributed by atoms with Gasteiger partial charge < -0.3 is 9.47 Å². The molecule has 0 aliphatic heterocycles. The van der Waals surface area contributed by atoms with Crippen molar-refractivity contribution >= 4 is 11.9 Å². The third-order valence-electron chi connectivity index (χ3n) is 4.27. The van der Waals surface area contributed by atoms with Crippen LogP contribution < -0.4 is 0 Å². The van der Waals surface area contributed by atoms with Gasteiger partial charge in [-0.05, 0) is 18.1 Å². The maximum Gasteiger partial charge on any atom is 0.326 e. The van der Waals surface area contributed by atoms with E-state index in [4.69, 9.17) is 9.47 Å². The number of rotatable bonds is 3. The van der Waals surface area contributed by atoms with Crippen LogP contribution in [0.1, 0.15) is 17.0 Å². The SMILES string of the molecule is COC(=O)C1(C(=O)OC)C(c2ccccc2C)C1(C#N)C#N. The highest BCUT2D eigenvalue weighted by Gasteiger charge is 2.89. The average molecular weight is 298 g/mol. The number of methoxy groups -OCH3 is 2. The third-order valence-corrected chi connectivity index (χ3v) is 4.27. The van der Waals surface area contributed by atoms with E-state index in [0.717, 1.165) is 19.8 Å². The van der Waals surface area contributed by atoms with Gasteiger partial charge in [-0.2, -0.15) is 10.5 Å². The number of hydrogen-bond acceptors (Lipinski definition) is 6. The van der Waals surface area contributed by atoms with E-state index >= 15 is 0 Å². The van der Waals surface area contributed by atoms with Crippen LogP contribution in [0.3, 0.4) is 0 Å². The van der Waals surface area contributed by atoms with Gasteiger partial charge in [-0.15, -0.1) is 0 Å². The molecule has 1 unspecified atom stereocenters. The Morgan fingerprint density at radius 2 is 1.59 bits per heavy atom. The van der Waals surface area contributed by atoms with Crippen LogP contribution in [-0.2, 0) is 19.1 Å². The van der Waals surface area contributed by atoms with E-state index in [-0.39, 0.29) is 0 Å². The van der Waals surface area contributed by atoms with E-state index < -0.39 is 28.7 Å². The summed E-state index contributed by atoms with van der Waals surface area (Å²) in [7, 11) is 2.22. The molecule has 6 nitrogen and oxygen atoms in total. The third kappa shape index (κ3) is 1.58. The second kappa shape index (κ2) is 5.16. The van der Waals surface area contributed by atoms with E-state index in [1.807, 2.05) is 12.1 Å². The lowest BCUT2D eigenvalue weighted by Gasteiger charge is -2.13. The van der Waals surface area contributed by atoms with Gasteiger partial charge in [0.1, 0.15) is 0 Å². The molecule has 0 N–H and O–H groups in total. The van der Waals surface area contributed by atoms with Gasteiger partial charge in [-0.1, -0.05) is 24.3 Å². The normalized spacial score (nSPS) is 20.1. The molecule has 0 radical (unpaired) electrons. The van der Waals surface area contributed by atoms with Crippen molar-refractivity contribution in [2.75, 3.05) is 14.2 Å². The molecule has 0 amide bonds. The van der Waals surface area contributed by atoms with Gasteiger partial charge in [0.25, 0.3) is 0 Å². The summed E-state index contributed by atoms with van der Waals surface area (Å²) in [5.41, 5.74) is -2.43. The Labute approximate surface area is 127 Å². The van der Waals surface area contributed by atoms with Crippen molar-refractivity contribution in [2.45, 2.75) is 12.8 Å². The fraction of sp³-hybridized carbons (Fsp3) is 0.375. The van der Waals surface area contributed by atoms with Gasteiger partial charge in [0.05, 0.1) is 26.4 Å². The summed E-state index contributed by atoms with van der Waals surface area (Å²) >= 11 is 0. The van der Waals surface area contributed by atoms with Gasteiger partial charge in [-0.25, -0.2) is 0 Å². The molecule has 112 valence electrons. The van der Waals surface area contributed by atoms with E-state index in [2.05, 4.69) is 0 Å². The van der Waals surface area contributed by atoms with Crippen LogP contribution in [-0.4, -0.2) is 26.2 Å². The highest BCUT2D eigenvalue weighted by molar-refractivity contribution is 6.09. The number of esters is 2. The zero-order valence-corrected chi connectivity index (χ0v) is 12.4. The second-order valence-corrected chi connectivity index (χ2v) is 5.11. The molecule has 6 heteroatoms. The molecule has 1 fully saturated rings. The van der Waals surface area contributed by atoms with Gasteiger partial charge in [0, 0.05) is 5.92 Å². The number of carbonyl (C=O) groups excluding carboxylic acids is 2. The Balaban J connectivity index is 2.75. The minimum atomic E-state index is -1.95. The Bertz CT molecular complexity index is 696. The molecular weight excluding hydrogens is 284 g/mol. The number of nitriles is 2. The van der Waals surface area contributed by atoms with Crippen LogP contribution >= 0.6 is 0 Å². The molecule has 0 bridgehead atoms. The first-order chi connectivity index (χ1) is 10.5. The highest BCUT2D eigenvalue weighted by atomic mass is 16.5. The predicted molar refractivity (Wildman–Crippen MR) is 74.0 cm³/mol. The molecule has 0 aromatic heterocycles. The van der Waals surface area contributed by atoms with Crippen molar-refractivity contribution < 1.29 is 19.1 Å². The lowest BCUT2D eigenvalue weighted by atomic mass is 9.94. The van der Waals surface area contributed by atoms with Crippen LogP contribution in [0, 0.1) is 40.4 Å². The Hall–Kier alpha value is -2.86. The standard InChI is InChI=1S/C16H14N2O4/c1-10-6-4-5-7-11(10)12-15(8-17,9-18)16(12,13(19)21-2)14(20)22-3/h4-7,12H,1-3H3. The zero-order valence-electron chi connectivity index (χ0n) is 12.4. The van der Waals surface area contributed by atoms with Gasteiger partial charge in [-0.3, -0.25) is 9.59 Å². The minimum Gasteiger partial charge on any atom is -0.468 e. The van der Waals surface area contributed by atoms with E-state index in [9.17, 15) is 20.1 Å². The number of nitrogens with zero attached hydrogens (tertiary/aromatic N) is 2. The van der Waals surface area contributed by atoms with Crippen LogP contribution in [0.4, 0.5) is 0 Å². The second-order valence-electron chi connectivity index (χ2n) is 5.11. The van der Waals surface area contributed by atoms with Crippen LogP contribution in [0.25, 0.3) is 0 Å². The van der Waals surface area contributed by atoms with Crippen molar-refractivity contribution in [1.82, 2.24) is 0 Å². The molecule has 1 atom stereocenters. The summed E-state index contributed by atoms with van der Waals surface area (Å²) in [4.78, 5) is 24.6. The summed E-state index contributed by atoms with van der Waals surface area (Å²) in [6.07, 6.45) is 0. The molecule has 1 aromatic carbocycles. The number of benzene rings is 1. The summed E-state index contributed by atoms with van der Waals surface area (Å²) in [6, 6.07) is 10.7. The smallest absolute Gasteiger partial charge is 0.326 e. The molecule has 0 heterocycles. The number of ether oxygens (including phenoxy) is 2. The molecule has 1 saturated carbocycles. The molecule has 0 saturated heterocycles. The molecular formula is C16H14N2O4. The zero-order chi connectivity index (χ0) is 16.5. The van der Waals surface area contributed by atoms with Crippen molar-refractivity contribution in [3.8, 4) is 12.1 Å². The summed E-state index contributed by atoms with van der Waals surface area (Å²) in [6.45, 7) is 1.78. The monoisotopic (exact) mass is 298 g/mol. The summed E-state index contributed by atoms with van der Waals surface area (Å²) in [5, 5.41) is 19.0. The topological polar surface area (TPSA) is 100 Å². The first-order valence-corrected chi connectivity index (χ1v) is 6.52. The largest absolute Gasteiger partial charge is 0.468 e. The number of aryl methyl sites for hydroxylation is 1. The molecule has 1 aliphatic rings. The van der Waals surface area contributed by atoms with Gasteiger partial charge in [0.2, 0.25) is 5.41 Å². The van der Waals surface area contributed by atoms with Crippen molar-refractivity contribution in [3.05, 3.63) is 35.4 Å². The summed E-state index contributed by atoms with van der Waals surface area (Å²) in [5.74, 6) is -2.79. The van der Waals surface area contributed by atoms with Crippen LogP contribution in [0.5, 0.6) is 0 Å². The van der Waals surface area contributed by atoms with Crippen molar-refractivity contribution in [3.63, 3.8) is 0 Å². The summed E-state index contributed by atoms with van der Waals surface area (Å²) < 4.78 is 9.42. The molecule has 1 aromatic rings. The van der Waals surface area contributed by atoms with Gasteiger partial charge in [0.15, 0.2) is 5.41 Å². The van der Waals surface area contributed by atoms with Crippen molar-refractivity contribution in [1.29, 1.82) is 10.5 Å². The molecule has 0 spiro atoms. The van der Waals surface area contributed by atoms with Crippen LogP contribution in [0.15, 0.2) is 24.3 Å². The van der Waals surface area contributed by atoms with Crippen LogP contribution in [0.2, 0.25) is 0 Å². The fourth-order valence-electron chi connectivity index (χ4n) is 3.15. The lowest BCUT2D eigenvalue weighted by molar-refractivity contribution is -0.162. The average Bonchev–Trinajstić information content (AvgIpc) is 3.18. The Morgan fingerprint density at radius 3 is 2.00 bits per heavy atom. The molecule has 22 heavy (non-hydrogen) atoms. The van der Waals surface area contributed by atoms with E-state index in [1.54, 1.807) is 31.2 Å². The lowest BCUT2D eigenvalue weighted by Crippen LogP contribution is -2.34. The first kappa shape index (κ1) is 15.5. The fourth-order valence-corrected chi connectivity index (χ4v) is 3.15. The molecule has 2 rings (SSSR count). The highest BCUT2D eigenvalue weighted by Crippen LogP contribution is 2.75. The minimum absolute atomic E-state index is 0.585. The first-order valence-electron chi connectivity index (χ1n) is 6.52. The van der Waals surface area contributed by atoms with E-state index in [0.29, 0.717) is 5.56 Å².